The van der Waals surface area contributed by atoms with Gasteiger partial charge in [0.1, 0.15) is 17.6 Å². The van der Waals surface area contributed by atoms with E-state index in [1.54, 1.807) is 11.0 Å². The quantitative estimate of drug-likeness (QED) is 0.297. The number of halogens is 1. The molecule has 3 aromatic rings. The van der Waals surface area contributed by atoms with Crippen LogP contribution in [0.1, 0.15) is 89.9 Å². The number of piperazine rings is 1. The van der Waals surface area contributed by atoms with Gasteiger partial charge in [-0.15, -0.1) is 0 Å². The van der Waals surface area contributed by atoms with Crippen LogP contribution in [0.3, 0.4) is 0 Å². The monoisotopic (exact) mass is 719 g/mol. The molecule has 4 heterocycles. The van der Waals surface area contributed by atoms with Crippen molar-refractivity contribution in [2.45, 2.75) is 76.3 Å². The summed E-state index contributed by atoms with van der Waals surface area (Å²) >= 11 is 0. The van der Waals surface area contributed by atoms with Gasteiger partial charge in [-0.25, -0.2) is 4.39 Å². The van der Waals surface area contributed by atoms with Crippen molar-refractivity contribution in [2.75, 3.05) is 55.6 Å². The van der Waals surface area contributed by atoms with Crippen LogP contribution in [-0.2, 0) is 22.6 Å². The molecule has 0 radical (unpaired) electrons. The Morgan fingerprint density at radius 2 is 1.58 bits per heavy atom. The highest BCUT2D eigenvalue weighted by Crippen LogP contribution is 2.50. The van der Waals surface area contributed by atoms with Crippen molar-refractivity contribution in [2.24, 2.45) is 17.8 Å². The predicted octanol–water partition coefficient (Wildman–Crippen LogP) is 5.83. The van der Waals surface area contributed by atoms with E-state index in [2.05, 4.69) is 38.2 Å². The lowest BCUT2D eigenvalue weighted by molar-refractivity contribution is -0.136. The summed E-state index contributed by atoms with van der Waals surface area (Å²) < 4.78 is 16.0. The van der Waals surface area contributed by atoms with Gasteiger partial charge >= 0.3 is 0 Å². The number of amides is 3. The van der Waals surface area contributed by atoms with Gasteiger partial charge < -0.3 is 19.8 Å². The van der Waals surface area contributed by atoms with E-state index < -0.39 is 6.04 Å². The molecule has 1 saturated carbocycles. The van der Waals surface area contributed by atoms with E-state index in [0.717, 1.165) is 94.0 Å². The van der Waals surface area contributed by atoms with Crippen LogP contribution < -0.4 is 15.1 Å². The highest BCUT2D eigenvalue weighted by molar-refractivity contribution is 6.05. The summed E-state index contributed by atoms with van der Waals surface area (Å²) in [5.41, 5.74) is 6.96. The van der Waals surface area contributed by atoms with E-state index in [0.29, 0.717) is 42.0 Å². The maximum Gasteiger partial charge on any atom is 0.255 e. The van der Waals surface area contributed by atoms with Crippen LogP contribution in [0.5, 0.6) is 5.75 Å². The van der Waals surface area contributed by atoms with Gasteiger partial charge in [-0.3, -0.25) is 24.6 Å². The Bertz CT molecular complexity index is 1910. The van der Waals surface area contributed by atoms with Crippen molar-refractivity contribution in [3.63, 3.8) is 0 Å². The molecule has 0 aromatic heterocycles. The molecule has 9 rings (SSSR count). The number of nitrogens with zero attached hydrogens (tertiary/aromatic N) is 4. The van der Waals surface area contributed by atoms with E-state index in [1.165, 1.54) is 30.4 Å². The largest absolute Gasteiger partial charge is 0.508 e. The van der Waals surface area contributed by atoms with Crippen LogP contribution in [0.4, 0.5) is 15.8 Å². The van der Waals surface area contributed by atoms with Crippen LogP contribution in [-0.4, -0.2) is 84.5 Å². The predicted molar refractivity (Wildman–Crippen MR) is 202 cm³/mol. The summed E-state index contributed by atoms with van der Waals surface area (Å²) in [4.78, 5) is 46.0. The summed E-state index contributed by atoms with van der Waals surface area (Å²) in [6, 6.07) is 17.2. The summed E-state index contributed by atoms with van der Waals surface area (Å²) in [5, 5.41) is 12.5. The van der Waals surface area contributed by atoms with E-state index in [-0.39, 0.29) is 35.9 Å². The Labute approximate surface area is 311 Å². The van der Waals surface area contributed by atoms with Crippen LogP contribution >= 0.6 is 0 Å². The molecular formula is C43H50FN5O4. The second kappa shape index (κ2) is 14.1. The zero-order chi connectivity index (χ0) is 36.2. The first-order valence-electron chi connectivity index (χ1n) is 19.9. The summed E-state index contributed by atoms with van der Waals surface area (Å²) in [7, 11) is 0. The number of nitrogens with one attached hydrogen (secondary N) is 1. The number of aromatic hydroxyl groups is 1. The number of carbonyl (C=O) groups is 3. The smallest absolute Gasteiger partial charge is 0.255 e. The molecule has 53 heavy (non-hydrogen) atoms. The van der Waals surface area contributed by atoms with Crippen molar-refractivity contribution in [1.82, 2.24) is 15.1 Å². The average molecular weight is 720 g/mol. The Balaban J connectivity index is 0.782. The number of benzene rings is 3. The number of hydrogen-bond donors (Lipinski definition) is 2. The summed E-state index contributed by atoms with van der Waals surface area (Å²) in [6.45, 7) is 6.94. The van der Waals surface area contributed by atoms with Crippen molar-refractivity contribution in [3.05, 3.63) is 88.2 Å². The van der Waals surface area contributed by atoms with Crippen LogP contribution in [0.15, 0.2) is 54.6 Å². The molecule has 3 saturated heterocycles. The molecule has 2 N–H and O–H groups in total. The van der Waals surface area contributed by atoms with Crippen molar-refractivity contribution in [3.8, 4) is 5.75 Å². The van der Waals surface area contributed by atoms with Gasteiger partial charge in [0.15, 0.2) is 0 Å². The maximum absolute atomic E-state index is 16.0. The molecule has 9 nitrogen and oxygen atoms in total. The lowest BCUT2D eigenvalue weighted by Crippen LogP contribution is -2.52. The standard InChI is InChI=1S/C43H50FN5O4/c44-37-24-30(41-34(28-2-1-3-28)8-4-29-23-33(50)7-10-35(29)41)5-11-38(37)48-16-14-27(15-17-48)25-46-18-20-47(21-19-46)32-6-9-36-31(22-32)26-49(43(36)53)39-12-13-40(51)45-42(39)52/h5-7,9-11,22-24,27-28,34,39,41,50H,1-4,8,12-21,25-26H2,(H,45,51,52). The van der Waals surface area contributed by atoms with Crippen molar-refractivity contribution < 1.29 is 23.9 Å². The van der Waals surface area contributed by atoms with E-state index in [9.17, 15) is 19.5 Å². The topological polar surface area (TPSA) is 96.4 Å². The van der Waals surface area contributed by atoms with Gasteiger partial charge in [-0.2, -0.15) is 0 Å². The van der Waals surface area contributed by atoms with E-state index in [4.69, 9.17) is 0 Å². The first-order chi connectivity index (χ1) is 25.8. The lowest BCUT2D eigenvalue weighted by atomic mass is 9.62. The Kier molecular flexibility index (Phi) is 9.12. The molecule has 4 aliphatic heterocycles. The molecule has 10 heteroatoms. The van der Waals surface area contributed by atoms with Gasteiger partial charge in [0.05, 0.1) is 5.69 Å². The first kappa shape index (κ1) is 34.3. The molecule has 278 valence electrons. The minimum absolute atomic E-state index is 0.116. The Hall–Kier alpha value is -4.44. The Morgan fingerprint density at radius 3 is 2.32 bits per heavy atom. The van der Waals surface area contributed by atoms with Crippen molar-refractivity contribution in [1.29, 1.82) is 0 Å². The summed E-state index contributed by atoms with van der Waals surface area (Å²) in [5.74, 6) is 1.41. The number of phenols is 1. The molecular weight excluding hydrogens is 670 g/mol. The number of carbonyl (C=O) groups excluding carboxylic acids is 3. The number of fused-ring (bicyclic) bond motifs is 2. The average Bonchev–Trinajstić information content (AvgIpc) is 3.46. The number of aryl methyl sites for hydroxylation is 1. The Morgan fingerprint density at radius 1 is 0.774 bits per heavy atom. The number of hydrogen-bond acceptors (Lipinski definition) is 7. The van der Waals surface area contributed by atoms with Gasteiger partial charge in [-0.1, -0.05) is 31.4 Å². The second-order valence-electron chi connectivity index (χ2n) is 16.4. The number of piperidine rings is 2. The zero-order valence-corrected chi connectivity index (χ0v) is 30.4. The normalized spacial score (nSPS) is 25.6. The van der Waals surface area contributed by atoms with Gasteiger partial charge in [0.25, 0.3) is 5.91 Å². The highest BCUT2D eigenvalue weighted by atomic mass is 19.1. The van der Waals surface area contributed by atoms with Crippen molar-refractivity contribution >= 4 is 29.1 Å². The molecule has 2 aliphatic carbocycles. The van der Waals surface area contributed by atoms with Crippen LogP contribution in [0, 0.1) is 23.6 Å². The third-order valence-electron chi connectivity index (χ3n) is 13.4. The molecule has 3 amide bonds. The SMILES string of the molecule is O=C1CCC(N2Cc3cc(N4CCN(CC5CCN(c6ccc(C7c8ccc(O)cc8CCC7C7CCC7)cc6F)CC5)CC4)ccc3C2=O)C(=O)N1. The second-order valence-corrected chi connectivity index (χ2v) is 16.4. The van der Waals surface area contributed by atoms with Gasteiger partial charge in [-0.05, 0) is 115 Å². The number of imide groups is 1. The molecule has 3 unspecified atom stereocenters. The number of rotatable bonds is 7. The molecule has 3 aromatic carbocycles. The minimum atomic E-state index is -0.599. The van der Waals surface area contributed by atoms with Crippen LogP contribution in [0.2, 0.25) is 0 Å². The third kappa shape index (κ3) is 6.57. The van der Waals surface area contributed by atoms with Crippen LogP contribution in [0.25, 0.3) is 0 Å². The molecule has 3 atom stereocenters. The third-order valence-corrected chi connectivity index (χ3v) is 13.4. The molecule has 0 spiro atoms. The van der Waals surface area contributed by atoms with Gasteiger partial charge in [0, 0.05) is 75.9 Å². The number of anilines is 2. The fourth-order valence-electron chi connectivity index (χ4n) is 10.3. The maximum atomic E-state index is 16.0. The zero-order valence-electron chi connectivity index (χ0n) is 30.4. The number of phenolic OH excluding ortho intramolecular Hbond substituents is 1. The molecule has 4 fully saturated rings. The lowest BCUT2D eigenvalue weighted by Gasteiger charge is -2.43. The fourth-order valence-corrected chi connectivity index (χ4v) is 10.3. The highest BCUT2D eigenvalue weighted by Gasteiger charge is 2.40. The minimum Gasteiger partial charge on any atom is -0.508 e. The first-order valence-corrected chi connectivity index (χ1v) is 19.9. The van der Waals surface area contributed by atoms with E-state index >= 15 is 4.39 Å². The molecule has 6 aliphatic rings. The van der Waals surface area contributed by atoms with E-state index in [1.807, 2.05) is 30.3 Å². The van der Waals surface area contributed by atoms with Gasteiger partial charge in [0.2, 0.25) is 11.8 Å². The molecule has 0 bridgehead atoms. The fraction of sp³-hybridized carbons (Fsp3) is 0.512. The summed E-state index contributed by atoms with van der Waals surface area (Å²) in [6.07, 6.45) is 8.64.